The molecule has 42 heavy (non-hydrogen) atoms. The van der Waals surface area contributed by atoms with Crippen LogP contribution in [0.2, 0.25) is 0 Å². The van der Waals surface area contributed by atoms with Gasteiger partial charge in [0.2, 0.25) is 0 Å². The predicted octanol–water partition coefficient (Wildman–Crippen LogP) is 12.1. The third-order valence-electron chi connectivity index (χ3n) is 7.55. The van der Waals surface area contributed by atoms with Crippen molar-refractivity contribution >= 4 is 12.8 Å². The molecule has 0 saturated carbocycles. The largest absolute Gasteiger partial charge is 0.460 e. The van der Waals surface area contributed by atoms with Crippen molar-refractivity contribution in [1.82, 2.24) is 5.32 Å². The van der Waals surface area contributed by atoms with Crippen LogP contribution in [0.1, 0.15) is 201 Å². The second-order valence-corrected chi connectivity index (χ2v) is 12.0. The average Bonchev–Trinajstić information content (AvgIpc) is 2.99. The average molecular weight is 596 g/mol. The van der Waals surface area contributed by atoms with Gasteiger partial charge in [0, 0.05) is 6.42 Å². The van der Waals surface area contributed by atoms with Gasteiger partial charge in [-0.05, 0) is 45.9 Å². The van der Waals surface area contributed by atoms with Crippen LogP contribution in [0.15, 0.2) is 12.2 Å². The van der Waals surface area contributed by atoms with E-state index in [1.54, 1.807) is 0 Å². The molecule has 0 heterocycles. The normalized spacial score (nSPS) is 11.4. The minimum absolute atomic E-state index is 0.0183. The summed E-state index contributed by atoms with van der Waals surface area (Å²) in [7, 11) is 3.75. The maximum absolute atomic E-state index is 10.4. The number of hydrogen-bond donors (Lipinski definition) is 1. The second-order valence-electron chi connectivity index (χ2n) is 12.0. The number of aldehydes is 1. The van der Waals surface area contributed by atoms with Gasteiger partial charge in [0.1, 0.15) is 12.4 Å². The van der Waals surface area contributed by atoms with Gasteiger partial charge in [-0.15, -0.1) is 0 Å². The molecule has 0 aromatic rings. The van der Waals surface area contributed by atoms with Gasteiger partial charge < -0.3 is 14.8 Å². The molecule has 0 aromatic heterocycles. The maximum Gasteiger partial charge on any atom is 0.293 e. The highest BCUT2D eigenvalue weighted by atomic mass is 16.5. The summed E-state index contributed by atoms with van der Waals surface area (Å²) < 4.78 is 5.02. The molecule has 4 nitrogen and oxygen atoms in total. The molecule has 0 unspecified atom stereocenters. The Labute approximate surface area is 265 Å². The first-order chi connectivity index (χ1) is 20.7. The summed E-state index contributed by atoms with van der Waals surface area (Å²) in [6.07, 6.45) is 42.1. The molecule has 4 heteroatoms. The van der Waals surface area contributed by atoms with E-state index >= 15 is 0 Å². The predicted molar refractivity (Wildman–Crippen MR) is 187 cm³/mol. The smallest absolute Gasteiger partial charge is 0.293 e. The van der Waals surface area contributed by atoms with E-state index in [2.05, 4.69) is 32.2 Å². The van der Waals surface area contributed by atoms with Crippen LogP contribution >= 0.6 is 0 Å². The molecule has 252 valence electrons. The SMILES string of the molecule is CCCCCCCCCCCCC/C=C/[C@H](CCC)OC=O.CCCCCCCCCCCCCCCC=O.CNC. The summed E-state index contributed by atoms with van der Waals surface area (Å²) in [4.78, 5) is 20.5. The van der Waals surface area contributed by atoms with Crippen LogP contribution in [0.4, 0.5) is 0 Å². The lowest BCUT2D eigenvalue weighted by molar-refractivity contribution is -0.131. The minimum Gasteiger partial charge on any atom is -0.460 e. The van der Waals surface area contributed by atoms with Crippen molar-refractivity contribution in [3.8, 4) is 0 Å². The lowest BCUT2D eigenvalue weighted by Gasteiger charge is -2.08. The Morgan fingerprint density at radius 2 is 0.833 bits per heavy atom. The Balaban J connectivity index is -0.000000679. The summed E-state index contributed by atoms with van der Waals surface area (Å²) in [5.74, 6) is 0. The van der Waals surface area contributed by atoms with Crippen LogP contribution in [0.5, 0.6) is 0 Å². The van der Waals surface area contributed by atoms with E-state index in [1.807, 2.05) is 20.2 Å². The maximum atomic E-state index is 10.4. The number of nitrogens with one attached hydrogen (secondary N) is 1. The Morgan fingerprint density at radius 1 is 0.500 bits per heavy atom. The van der Waals surface area contributed by atoms with E-state index in [0.29, 0.717) is 6.47 Å². The van der Waals surface area contributed by atoms with Crippen LogP contribution in [-0.4, -0.2) is 33.0 Å². The lowest BCUT2D eigenvalue weighted by atomic mass is 10.0. The molecule has 0 saturated heterocycles. The zero-order valence-electron chi connectivity index (χ0n) is 29.4. The molecule has 0 aliphatic rings. The topological polar surface area (TPSA) is 55.4 Å². The van der Waals surface area contributed by atoms with E-state index in [0.717, 1.165) is 38.4 Å². The fourth-order valence-electron chi connectivity index (χ4n) is 4.99. The van der Waals surface area contributed by atoms with Gasteiger partial charge in [-0.25, -0.2) is 0 Å². The van der Waals surface area contributed by atoms with Crippen LogP contribution in [0.3, 0.4) is 0 Å². The molecule has 1 atom stereocenters. The third kappa shape index (κ3) is 48.6. The van der Waals surface area contributed by atoms with Gasteiger partial charge in [-0.2, -0.15) is 0 Å². The molecule has 0 amide bonds. The van der Waals surface area contributed by atoms with Crippen molar-refractivity contribution in [1.29, 1.82) is 0 Å². The Morgan fingerprint density at radius 3 is 1.14 bits per heavy atom. The summed E-state index contributed by atoms with van der Waals surface area (Å²) >= 11 is 0. The number of hydrogen-bond acceptors (Lipinski definition) is 4. The van der Waals surface area contributed by atoms with E-state index < -0.39 is 0 Å². The number of rotatable bonds is 31. The summed E-state index contributed by atoms with van der Waals surface area (Å²) in [6, 6.07) is 0. The van der Waals surface area contributed by atoms with Crippen LogP contribution in [0, 0.1) is 0 Å². The minimum atomic E-state index is -0.0183. The monoisotopic (exact) mass is 596 g/mol. The first-order valence-electron chi connectivity index (χ1n) is 18.5. The molecule has 0 spiro atoms. The molecule has 0 bridgehead atoms. The molecule has 1 N–H and O–H groups in total. The Bertz CT molecular complexity index is 495. The van der Waals surface area contributed by atoms with Crippen LogP contribution < -0.4 is 5.32 Å². The highest BCUT2D eigenvalue weighted by Gasteiger charge is 2.01. The Hall–Kier alpha value is -1.16. The first kappa shape index (κ1) is 45.3. The van der Waals surface area contributed by atoms with Crippen molar-refractivity contribution in [3.63, 3.8) is 0 Å². The fourth-order valence-corrected chi connectivity index (χ4v) is 4.99. The fraction of sp³-hybridized carbons (Fsp3) is 0.895. The molecule has 0 rings (SSSR count). The van der Waals surface area contributed by atoms with E-state index in [1.165, 1.54) is 148 Å². The van der Waals surface area contributed by atoms with Gasteiger partial charge in [0.15, 0.2) is 0 Å². The van der Waals surface area contributed by atoms with Crippen molar-refractivity contribution < 1.29 is 14.3 Å². The molecule has 0 radical (unpaired) electrons. The van der Waals surface area contributed by atoms with Crippen molar-refractivity contribution in [3.05, 3.63) is 12.2 Å². The number of allylic oxidation sites excluding steroid dienone is 1. The van der Waals surface area contributed by atoms with Gasteiger partial charge >= 0.3 is 0 Å². The molecule has 0 fully saturated rings. The third-order valence-corrected chi connectivity index (χ3v) is 7.55. The molecule has 0 aliphatic heterocycles. The number of carbonyl (C=O) groups excluding carboxylic acids is 2. The highest BCUT2D eigenvalue weighted by molar-refractivity contribution is 5.48. The van der Waals surface area contributed by atoms with Crippen LogP contribution in [-0.2, 0) is 14.3 Å². The first-order valence-corrected chi connectivity index (χ1v) is 18.5. The van der Waals surface area contributed by atoms with E-state index in [9.17, 15) is 9.59 Å². The van der Waals surface area contributed by atoms with Crippen molar-refractivity contribution in [2.75, 3.05) is 14.1 Å². The summed E-state index contributed by atoms with van der Waals surface area (Å²) in [6.45, 7) is 7.22. The van der Waals surface area contributed by atoms with E-state index in [4.69, 9.17) is 4.74 Å². The zero-order valence-corrected chi connectivity index (χ0v) is 29.4. The molecule has 0 aliphatic carbocycles. The van der Waals surface area contributed by atoms with Gasteiger partial charge in [-0.3, -0.25) is 4.79 Å². The van der Waals surface area contributed by atoms with Gasteiger partial charge in [0.25, 0.3) is 6.47 Å². The molecular weight excluding hydrogens is 518 g/mol. The van der Waals surface area contributed by atoms with Gasteiger partial charge in [-0.1, -0.05) is 175 Å². The quantitative estimate of drug-likeness (QED) is 0.0492. The molecular formula is C38H77NO3. The number of carbonyl (C=O) groups is 2. The lowest BCUT2D eigenvalue weighted by Crippen LogP contribution is -2.07. The number of unbranched alkanes of at least 4 members (excludes halogenated alkanes) is 24. The van der Waals surface area contributed by atoms with Crippen LogP contribution in [0.25, 0.3) is 0 Å². The van der Waals surface area contributed by atoms with Gasteiger partial charge in [0.05, 0.1) is 0 Å². The zero-order chi connectivity index (χ0) is 31.6. The summed E-state index contributed by atoms with van der Waals surface area (Å²) in [5.41, 5.74) is 0. The molecule has 0 aromatic carbocycles. The highest BCUT2D eigenvalue weighted by Crippen LogP contribution is 2.14. The summed E-state index contributed by atoms with van der Waals surface area (Å²) in [5, 5.41) is 2.75. The second kappa shape index (κ2) is 46.8. The van der Waals surface area contributed by atoms with Crippen molar-refractivity contribution in [2.45, 2.75) is 207 Å². The van der Waals surface area contributed by atoms with Crippen molar-refractivity contribution in [2.24, 2.45) is 0 Å². The van der Waals surface area contributed by atoms with E-state index in [-0.39, 0.29) is 6.10 Å². The number of ether oxygens (including phenoxy) is 1. The standard InChI is InChI=1S/C20H38O2.C16H32O.C2H7N/c1-3-5-6-7-8-9-10-11-12-13-14-15-16-18-20(17-4-2)22-19-21;1-2-3-4-5-6-7-8-9-10-11-12-13-14-15-16-17;1-3-2/h16,18-20H,3-15,17H2,1-2H3;16H,2-15H2,1H3;3H,1-2H3/b18-16+;;/t20-;;/m0../s1. The Kier molecular flexibility index (Phi) is 50.4.